The van der Waals surface area contributed by atoms with Crippen molar-refractivity contribution in [2.24, 2.45) is 11.3 Å². The molecule has 0 heterocycles. The zero-order valence-electron chi connectivity index (χ0n) is 13.1. The molecule has 112 valence electrons. The van der Waals surface area contributed by atoms with Crippen LogP contribution in [-0.4, -0.2) is 25.6 Å². The average molecular weight is 286 g/mol. The Bertz CT molecular complexity index is 619. The molecule has 0 saturated heterocycles. The highest BCUT2D eigenvalue weighted by atomic mass is 16.5. The molecule has 1 fully saturated rings. The number of allylic oxidation sites excluding steroid dienone is 1. The summed E-state index contributed by atoms with van der Waals surface area (Å²) in [6, 6.07) is 7.92. The lowest BCUT2D eigenvalue weighted by atomic mass is 9.54. The Morgan fingerprint density at radius 3 is 2.57 bits per heavy atom. The second-order valence-electron chi connectivity index (χ2n) is 6.54. The summed E-state index contributed by atoms with van der Waals surface area (Å²) in [5.41, 5.74) is 1.37. The van der Waals surface area contributed by atoms with Crippen LogP contribution in [0.15, 0.2) is 30.3 Å². The van der Waals surface area contributed by atoms with E-state index in [0.717, 1.165) is 23.3 Å². The van der Waals surface area contributed by atoms with Gasteiger partial charge in [-0.25, -0.2) is 0 Å². The van der Waals surface area contributed by atoms with Crippen molar-refractivity contribution in [2.45, 2.75) is 32.3 Å². The number of para-hydroxylation sites is 1. The van der Waals surface area contributed by atoms with E-state index in [0.29, 0.717) is 12.2 Å². The lowest BCUT2D eigenvalue weighted by molar-refractivity contribution is -0.144. The Labute approximate surface area is 125 Å². The zero-order chi connectivity index (χ0) is 15.3. The number of rotatable bonds is 3. The van der Waals surface area contributed by atoms with Gasteiger partial charge in [0, 0.05) is 25.0 Å². The predicted molar refractivity (Wildman–Crippen MR) is 82.2 cm³/mol. The number of fused-ring (bicyclic) bond motifs is 2. The summed E-state index contributed by atoms with van der Waals surface area (Å²) in [6.45, 7) is 4.15. The van der Waals surface area contributed by atoms with Gasteiger partial charge in [-0.2, -0.15) is 0 Å². The van der Waals surface area contributed by atoms with E-state index in [4.69, 9.17) is 9.47 Å². The number of ether oxygens (including phenoxy) is 2. The van der Waals surface area contributed by atoms with E-state index in [1.165, 1.54) is 0 Å². The summed E-state index contributed by atoms with van der Waals surface area (Å²) >= 11 is 0. The zero-order valence-corrected chi connectivity index (χ0v) is 13.1. The van der Waals surface area contributed by atoms with Gasteiger partial charge in [-0.3, -0.25) is 4.79 Å². The van der Waals surface area contributed by atoms with Crippen molar-refractivity contribution < 1.29 is 14.3 Å². The quantitative estimate of drug-likeness (QED) is 0.853. The summed E-state index contributed by atoms with van der Waals surface area (Å²) in [4.78, 5) is 12.6. The predicted octanol–water partition coefficient (Wildman–Crippen LogP) is 3.48. The van der Waals surface area contributed by atoms with E-state index in [9.17, 15) is 4.79 Å². The molecule has 0 amide bonds. The fraction of sp³-hybridized carbons (Fsp3) is 0.500. The number of hydrogen-bond donors (Lipinski definition) is 0. The van der Waals surface area contributed by atoms with Gasteiger partial charge in [0.05, 0.1) is 18.1 Å². The highest BCUT2D eigenvalue weighted by Gasteiger charge is 2.56. The summed E-state index contributed by atoms with van der Waals surface area (Å²) in [5.74, 6) is 1.27. The number of methoxy groups -OCH3 is 2. The van der Waals surface area contributed by atoms with Crippen LogP contribution in [0.3, 0.4) is 0 Å². The van der Waals surface area contributed by atoms with Crippen LogP contribution in [0.25, 0.3) is 5.57 Å². The molecule has 3 aliphatic carbocycles. The third-order valence-corrected chi connectivity index (χ3v) is 5.34. The van der Waals surface area contributed by atoms with Crippen molar-refractivity contribution in [2.75, 3.05) is 14.2 Å². The number of carbonyl (C=O) groups is 1. The highest BCUT2D eigenvalue weighted by Crippen LogP contribution is 2.57. The summed E-state index contributed by atoms with van der Waals surface area (Å²) in [6.07, 6.45) is 3.52. The van der Waals surface area contributed by atoms with Crippen molar-refractivity contribution in [3.8, 4) is 5.75 Å². The van der Waals surface area contributed by atoms with E-state index in [-0.39, 0.29) is 11.5 Å². The summed E-state index contributed by atoms with van der Waals surface area (Å²) in [5, 5.41) is 0. The molecular weight excluding hydrogens is 264 g/mol. The molecule has 0 radical (unpaired) electrons. The van der Waals surface area contributed by atoms with Gasteiger partial charge in [0.25, 0.3) is 0 Å². The Morgan fingerprint density at radius 2 is 1.90 bits per heavy atom. The maximum Gasteiger partial charge on any atom is 0.143 e. The van der Waals surface area contributed by atoms with E-state index in [1.807, 2.05) is 31.2 Å². The van der Waals surface area contributed by atoms with Crippen LogP contribution in [0.5, 0.6) is 5.75 Å². The average Bonchev–Trinajstić information content (AvgIpc) is 2.49. The summed E-state index contributed by atoms with van der Waals surface area (Å²) in [7, 11) is 3.41. The van der Waals surface area contributed by atoms with Gasteiger partial charge in [0.1, 0.15) is 11.5 Å². The van der Waals surface area contributed by atoms with Gasteiger partial charge in [0.2, 0.25) is 0 Å². The van der Waals surface area contributed by atoms with E-state index in [2.05, 4.69) is 13.0 Å². The van der Waals surface area contributed by atoms with Crippen LogP contribution in [0, 0.1) is 11.3 Å². The molecule has 2 bridgehead atoms. The first-order chi connectivity index (χ1) is 9.94. The molecule has 3 nitrogen and oxygen atoms in total. The first-order valence-electron chi connectivity index (χ1n) is 7.39. The largest absolute Gasteiger partial charge is 0.496 e. The number of hydrogen-bond acceptors (Lipinski definition) is 3. The van der Waals surface area contributed by atoms with Gasteiger partial charge >= 0.3 is 0 Å². The van der Waals surface area contributed by atoms with Crippen LogP contribution in [0.1, 0.15) is 32.3 Å². The molecular formula is C18H22O3. The topological polar surface area (TPSA) is 35.5 Å². The van der Waals surface area contributed by atoms with E-state index in [1.54, 1.807) is 14.2 Å². The van der Waals surface area contributed by atoms with Crippen molar-refractivity contribution >= 4 is 11.4 Å². The standard InChI is InChI=1S/C18H22O3/c1-17-11-18(2,21-4)12(10-16(17)19)9-14(17)13-7-5-6-8-15(13)20-3/h5-9,12H,10-11H2,1-4H3/t12-,17+,18+/m1/s1. The van der Waals surface area contributed by atoms with Crippen LogP contribution in [0.2, 0.25) is 0 Å². The molecule has 1 saturated carbocycles. The van der Waals surface area contributed by atoms with Crippen LogP contribution in [0.4, 0.5) is 0 Å². The minimum Gasteiger partial charge on any atom is -0.496 e. The Hall–Kier alpha value is -1.61. The third kappa shape index (κ3) is 1.95. The molecule has 0 aromatic heterocycles. The lowest BCUT2D eigenvalue weighted by Gasteiger charge is -2.52. The van der Waals surface area contributed by atoms with E-state index < -0.39 is 5.41 Å². The normalized spacial score (nSPS) is 34.8. The maximum atomic E-state index is 12.6. The first-order valence-corrected chi connectivity index (χ1v) is 7.39. The van der Waals surface area contributed by atoms with Crippen molar-refractivity contribution in [3.05, 3.63) is 35.9 Å². The van der Waals surface area contributed by atoms with Crippen molar-refractivity contribution in [1.29, 1.82) is 0 Å². The molecule has 0 spiro atoms. The molecule has 3 heteroatoms. The molecule has 3 aliphatic rings. The molecule has 21 heavy (non-hydrogen) atoms. The van der Waals surface area contributed by atoms with Crippen LogP contribution < -0.4 is 4.74 Å². The second-order valence-corrected chi connectivity index (χ2v) is 6.54. The highest BCUT2D eigenvalue weighted by molar-refractivity contribution is 6.01. The Morgan fingerprint density at radius 1 is 1.19 bits per heavy atom. The minimum absolute atomic E-state index is 0.136. The lowest BCUT2D eigenvalue weighted by Crippen LogP contribution is -2.54. The second kappa shape index (κ2) is 4.70. The number of carbonyl (C=O) groups excluding carboxylic acids is 1. The molecule has 1 aromatic rings. The van der Waals surface area contributed by atoms with Gasteiger partial charge in [-0.1, -0.05) is 24.3 Å². The van der Waals surface area contributed by atoms with Crippen LogP contribution in [-0.2, 0) is 9.53 Å². The van der Waals surface area contributed by atoms with Crippen molar-refractivity contribution in [1.82, 2.24) is 0 Å². The van der Waals surface area contributed by atoms with Gasteiger partial charge < -0.3 is 9.47 Å². The fourth-order valence-corrected chi connectivity index (χ4v) is 3.92. The van der Waals surface area contributed by atoms with Gasteiger partial charge in [0.15, 0.2) is 0 Å². The minimum atomic E-state index is -0.492. The first kappa shape index (κ1) is 14.3. The number of Topliss-reactive ketones (excluding diaryl/α,β-unsaturated/α-hetero) is 1. The Balaban J connectivity index is 2.16. The molecule has 1 aromatic carbocycles. The molecule has 0 N–H and O–H groups in total. The Kier molecular flexibility index (Phi) is 3.21. The van der Waals surface area contributed by atoms with Gasteiger partial charge in [-0.05, 0) is 31.9 Å². The molecule has 0 aliphatic heterocycles. The van der Waals surface area contributed by atoms with Gasteiger partial charge in [-0.15, -0.1) is 0 Å². The molecule has 0 unspecified atom stereocenters. The fourth-order valence-electron chi connectivity index (χ4n) is 3.92. The van der Waals surface area contributed by atoms with E-state index >= 15 is 0 Å². The van der Waals surface area contributed by atoms with Crippen molar-refractivity contribution in [3.63, 3.8) is 0 Å². The third-order valence-electron chi connectivity index (χ3n) is 5.34. The van der Waals surface area contributed by atoms with Crippen LogP contribution >= 0.6 is 0 Å². The maximum absolute atomic E-state index is 12.6. The SMILES string of the molecule is COc1ccccc1C1=C[C@@H]2CC(=O)[C@@]1(C)C[C@]2(C)OC. The monoisotopic (exact) mass is 286 g/mol. The molecule has 4 rings (SSSR count). The number of benzene rings is 1. The summed E-state index contributed by atoms with van der Waals surface area (Å²) < 4.78 is 11.2. The number of ketones is 1. The smallest absolute Gasteiger partial charge is 0.143 e. The molecule has 3 atom stereocenters.